The van der Waals surface area contributed by atoms with E-state index < -0.39 is 16.6 Å². The third-order valence-corrected chi connectivity index (χ3v) is 7.01. The van der Waals surface area contributed by atoms with E-state index in [1.54, 1.807) is 68.0 Å². The number of allylic oxidation sites excluding steroid dienone is 1. The normalized spacial score (nSPS) is 13.0. The number of nitrogens with two attached hydrogens (primary N) is 1. The third kappa shape index (κ3) is 7.15. The summed E-state index contributed by atoms with van der Waals surface area (Å²) in [6.45, 7) is 7.47. The molecular formula is C30H30FN5O3S. The fourth-order valence-corrected chi connectivity index (χ4v) is 4.86. The molecule has 10 heteroatoms. The Morgan fingerprint density at radius 2 is 1.95 bits per heavy atom. The largest absolute Gasteiger partial charge is 0.453 e. The first kappa shape index (κ1) is 28.6. The van der Waals surface area contributed by atoms with Crippen molar-refractivity contribution in [3.8, 4) is 11.5 Å². The van der Waals surface area contributed by atoms with Crippen LogP contribution in [-0.4, -0.2) is 31.8 Å². The number of carbonyl (C=O) groups is 1. The molecule has 1 amide bonds. The molecule has 0 spiro atoms. The van der Waals surface area contributed by atoms with Crippen LogP contribution in [0.15, 0.2) is 93.8 Å². The van der Waals surface area contributed by atoms with Gasteiger partial charge in [0.25, 0.3) is 0 Å². The zero-order valence-electron chi connectivity index (χ0n) is 22.6. The average molecular weight is 560 g/mol. The number of amides is 1. The summed E-state index contributed by atoms with van der Waals surface area (Å²) >= 11 is 0. The number of carbonyl (C=O) groups excluding carboxylic acids is 1. The van der Waals surface area contributed by atoms with Gasteiger partial charge < -0.3 is 15.8 Å². The van der Waals surface area contributed by atoms with Gasteiger partial charge >= 0.3 is 0 Å². The number of fused-ring (bicyclic) bond motifs is 1. The van der Waals surface area contributed by atoms with E-state index in [2.05, 4.69) is 20.3 Å². The number of nitrogens with one attached hydrogen (secondary N) is 1. The van der Waals surface area contributed by atoms with Gasteiger partial charge in [0.15, 0.2) is 11.6 Å². The Bertz CT molecular complexity index is 1610. The van der Waals surface area contributed by atoms with Gasteiger partial charge in [-0.3, -0.25) is 19.8 Å². The van der Waals surface area contributed by atoms with Crippen molar-refractivity contribution in [3.05, 3.63) is 96.0 Å². The van der Waals surface area contributed by atoms with Crippen molar-refractivity contribution in [1.29, 1.82) is 0 Å². The number of benzene rings is 2. The first-order valence-corrected chi connectivity index (χ1v) is 13.6. The van der Waals surface area contributed by atoms with E-state index in [0.29, 0.717) is 43.3 Å². The predicted molar refractivity (Wildman–Crippen MR) is 154 cm³/mol. The average Bonchev–Trinajstić information content (AvgIpc) is 2.92. The maximum atomic E-state index is 15.3. The molecule has 8 nitrogen and oxygen atoms in total. The molecule has 4 rings (SSSR count). The van der Waals surface area contributed by atoms with Crippen LogP contribution in [0.25, 0.3) is 10.9 Å². The Balaban J connectivity index is 1.55. The number of aryl methyl sites for hydroxylation is 1. The minimum atomic E-state index is -1.46. The number of rotatable bonds is 8. The van der Waals surface area contributed by atoms with Crippen molar-refractivity contribution in [3.63, 3.8) is 0 Å². The molecule has 0 radical (unpaired) electrons. The van der Waals surface area contributed by atoms with E-state index in [0.717, 1.165) is 0 Å². The summed E-state index contributed by atoms with van der Waals surface area (Å²) in [5.74, 6) is -0.598. The van der Waals surface area contributed by atoms with Crippen LogP contribution >= 0.6 is 0 Å². The van der Waals surface area contributed by atoms with Gasteiger partial charge in [0.1, 0.15) is 5.75 Å². The van der Waals surface area contributed by atoms with Crippen molar-refractivity contribution in [2.24, 2.45) is 10.7 Å². The van der Waals surface area contributed by atoms with Gasteiger partial charge in [0, 0.05) is 41.3 Å². The van der Waals surface area contributed by atoms with E-state index in [9.17, 15) is 9.00 Å². The molecule has 2 heterocycles. The second-order valence-electron chi connectivity index (χ2n) is 10.0. The van der Waals surface area contributed by atoms with E-state index in [4.69, 9.17) is 10.5 Å². The molecule has 0 saturated heterocycles. The van der Waals surface area contributed by atoms with Gasteiger partial charge in [-0.25, -0.2) is 8.60 Å². The Kier molecular flexibility index (Phi) is 8.69. The van der Waals surface area contributed by atoms with Gasteiger partial charge in [-0.2, -0.15) is 0 Å². The summed E-state index contributed by atoms with van der Waals surface area (Å²) < 4.78 is 34.4. The Morgan fingerprint density at radius 1 is 1.15 bits per heavy atom. The summed E-state index contributed by atoms with van der Waals surface area (Å²) in [5.41, 5.74) is 7.22. The molecule has 0 saturated carbocycles. The van der Waals surface area contributed by atoms with Crippen molar-refractivity contribution >= 4 is 33.8 Å². The minimum Gasteiger partial charge on any atom is -0.453 e. The Morgan fingerprint density at radius 3 is 2.62 bits per heavy atom. The van der Waals surface area contributed by atoms with Gasteiger partial charge in [-0.05, 0) is 81.3 Å². The first-order chi connectivity index (χ1) is 19.0. The zero-order valence-corrected chi connectivity index (χ0v) is 23.5. The summed E-state index contributed by atoms with van der Waals surface area (Å²) in [6.07, 6.45) is 7.41. The standard InChI is InChI=1S/C30H30FN5O3S/c1-19-12-20(14-28(37)36-21(16-32)17-35-30(2,3)4)13-25(31)29(19)39-27-9-11-34-26-8-7-22(15-24(26)27)40(38)23-6-5-10-33-18-23/h5-13,15-18H,14,32H2,1-4H3,(H,36,37)/b21-16+,35-17?. The SMILES string of the molecule is Cc1cc(CC(=O)N/C(C=NC(C)(C)C)=C/N)cc(F)c1Oc1ccnc2ccc(S(=O)c3cccnc3)cc12. The highest BCUT2D eigenvalue weighted by molar-refractivity contribution is 7.85. The lowest BCUT2D eigenvalue weighted by molar-refractivity contribution is -0.119. The highest BCUT2D eigenvalue weighted by Crippen LogP contribution is 2.34. The van der Waals surface area contributed by atoms with Crippen molar-refractivity contribution in [2.75, 3.05) is 0 Å². The number of pyridine rings is 2. The van der Waals surface area contributed by atoms with Crippen LogP contribution in [-0.2, 0) is 22.0 Å². The molecule has 0 aliphatic heterocycles. The van der Waals surface area contributed by atoms with Crippen LogP contribution in [0.2, 0.25) is 0 Å². The van der Waals surface area contributed by atoms with Gasteiger partial charge in [-0.1, -0.05) is 6.07 Å². The van der Waals surface area contributed by atoms with E-state index in [1.165, 1.54) is 18.5 Å². The summed E-state index contributed by atoms with van der Waals surface area (Å²) in [6, 6.07) is 13.2. The van der Waals surface area contributed by atoms with Crippen LogP contribution in [0.4, 0.5) is 4.39 Å². The van der Waals surface area contributed by atoms with E-state index in [-0.39, 0.29) is 23.6 Å². The van der Waals surface area contributed by atoms with Crippen LogP contribution in [0, 0.1) is 12.7 Å². The molecule has 1 atom stereocenters. The number of ether oxygens (including phenoxy) is 1. The first-order valence-electron chi connectivity index (χ1n) is 12.5. The number of halogens is 1. The van der Waals surface area contributed by atoms with Crippen molar-refractivity contribution in [2.45, 2.75) is 49.4 Å². The highest BCUT2D eigenvalue weighted by Gasteiger charge is 2.16. The van der Waals surface area contributed by atoms with E-state index >= 15 is 4.39 Å². The van der Waals surface area contributed by atoms with Crippen LogP contribution < -0.4 is 15.8 Å². The molecule has 206 valence electrons. The fourth-order valence-electron chi connectivity index (χ4n) is 3.81. The number of nitrogens with zero attached hydrogens (tertiary/aromatic N) is 3. The van der Waals surface area contributed by atoms with Crippen LogP contribution in [0.1, 0.15) is 31.9 Å². The van der Waals surface area contributed by atoms with Gasteiger partial charge in [0.2, 0.25) is 5.91 Å². The smallest absolute Gasteiger partial charge is 0.228 e. The summed E-state index contributed by atoms with van der Waals surface area (Å²) in [7, 11) is -1.46. The second-order valence-corrected chi connectivity index (χ2v) is 11.5. The molecule has 3 N–H and O–H groups in total. The lowest BCUT2D eigenvalue weighted by atomic mass is 10.1. The fraction of sp³-hybridized carbons (Fsp3) is 0.200. The third-order valence-electron chi connectivity index (χ3n) is 5.66. The maximum absolute atomic E-state index is 15.3. The highest BCUT2D eigenvalue weighted by atomic mass is 32.2. The zero-order chi connectivity index (χ0) is 28.9. The topological polar surface area (TPSA) is 120 Å². The van der Waals surface area contributed by atoms with Gasteiger partial charge in [0.05, 0.1) is 38.9 Å². The number of aliphatic imine (C=N–C) groups is 1. The number of hydrogen-bond acceptors (Lipinski definition) is 7. The lowest BCUT2D eigenvalue weighted by Crippen LogP contribution is -2.26. The molecule has 0 aliphatic rings. The predicted octanol–water partition coefficient (Wildman–Crippen LogP) is 5.36. The molecule has 40 heavy (non-hydrogen) atoms. The molecule has 2 aromatic heterocycles. The minimum absolute atomic E-state index is 0.0234. The Labute approximate surface area is 234 Å². The quantitative estimate of drug-likeness (QED) is 0.280. The monoisotopic (exact) mass is 559 g/mol. The lowest BCUT2D eigenvalue weighted by Gasteiger charge is -2.14. The molecule has 0 bridgehead atoms. The second kappa shape index (κ2) is 12.2. The number of hydrogen-bond donors (Lipinski definition) is 2. The number of aromatic nitrogens is 2. The molecule has 4 aromatic rings. The summed E-state index contributed by atoms with van der Waals surface area (Å²) in [5, 5.41) is 3.27. The van der Waals surface area contributed by atoms with E-state index in [1.807, 2.05) is 20.8 Å². The van der Waals surface area contributed by atoms with Crippen molar-refractivity contribution < 1.29 is 18.1 Å². The molecule has 0 fully saturated rings. The molecular weight excluding hydrogens is 529 g/mol. The van der Waals surface area contributed by atoms with Crippen LogP contribution in [0.3, 0.4) is 0 Å². The maximum Gasteiger partial charge on any atom is 0.228 e. The Hall–Kier alpha value is -4.44. The molecule has 1 unspecified atom stereocenters. The molecule has 0 aliphatic carbocycles. The molecule has 2 aromatic carbocycles. The van der Waals surface area contributed by atoms with Crippen molar-refractivity contribution in [1.82, 2.24) is 15.3 Å². The van der Waals surface area contributed by atoms with Gasteiger partial charge in [-0.15, -0.1) is 0 Å². The summed E-state index contributed by atoms with van der Waals surface area (Å²) in [4.78, 5) is 26.4. The van der Waals surface area contributed by atoms with Crippen LogP contribution in [0.5, 0.6) is 11.5 Å².